The Hall–Kier alpha value is -3.10. The van der Waals surface area contributed by atoms with Crippen molar-refractivity contribution < 1.29 is 9.32 Å². The predicted octanol–water partition coefficient (Wildman–Crippen LogP) is 4.90. The number of hydrogen-bond acceptors (Lipinski definition) is 6. The Morgan fingerprint density at radius 3 is 2.69 bits per heavy atom. The number of para-hydroxylation sites is 1. The van der Waals surface area contributed by atoms with Gasteiger partial charge in [0.05, 0.1) is 22.7 Å². The van der Waals surface area contributed by atoms with Crippen LogP contribution in [0, 0.1) is 6.92 Å². The number of aryl methyl sites for hydroxylation is 1. The summed E-state index contributed by atoms with van der Waals surface area (Å²) in [6.45, 7) is 3.91. The van der Waals surface area contributed by atoms with Crippen LogP contribution in [0.1, 0.15) is 24.7 Å². The van der Waals surface area contributed by atoms with E-state index in [1.807, 2.05) is 31.2 Å². The first kappa shape index (κ1) is 22.1. The number of benzene rings is 2. The molecule has 32 heavy (non-hydrogen) atoms. The van der Waals surface area contributed by atoms with Crippen molar-refractivity contribution in [1.29, 1.82) is 0 Å². The summed E-state index contributed by atoms with van der Waals surface area (Å²) >= 11 is 7.59. The zero-order chi connectivity index (χ0) is 22.7. The number of thioether (sulfide) groups is 1. The van der Waals surface area contributed by atoms with Crippen LogP contribution in [-0.2, 0) is 11.3 Å². The number of carbonyl (C=O) groups is 1. The third-order valence-electron chi connectivity index (χ3n) is 4.90. The summed E-state index contributed by atoms with van der Waals surface area (Å²) in [7, 11) is 0. The molecule has 0 aliphatic carbocycles. The van der Waals surface area contributed by atoms with E-state index in [0.29, 0.717) is 39.1 Å². The average Bonchev–Trinajstić information content (AvgIpc) is 3.20. The average molecular weight is 469 g/mol. The molecule has 1 amide bonds. The van der Waals surface area contributed by atoms with Gasteiger partial charge in [-0.05, 0) is 37.1 Å². The molecule has 0 bridgehead atoms. The monoisotopic (exact) mass is 468 g/mol. The largest absolute Gasteiger partial charge is 0.360 e. The number of fused-ring (bicyclic) bond motifs is 1. The third kappa shape index (κ3) is 4.71. The van der Waals surface area contributed by atoms with E-state index < -0.39 is 5.25 Å². The van der Waals surface area contributed by atoms with Gasteiger partial charge in [0.1, 0.15) is 5.76 Å². The van der Waals surface area contributed by atoms with Gasteiger partial charge in [-0.1, -0.05) is 65.8 Å². The van der Waals surface area contributed by atoms with Gasteiger partial charge in [0.25, 0.3) is 5.56 Å². The Bertz CT molecular complexity index is 1330. The highest BCUT2D eigenvalue weighted by Crippen LogP contribution is 2.27. The van der Waals surface area contributed by atoms with Crippen LogP contribution in [0.5, 0.6) is 0 Å². The molecule has 1 unspecified atom stereocenters. The molecule has 0 fully saturated rings. The van der Waals surface area contributed by atoms with Crippen molar-refractivity contribution in [3.05, 3.63) is 81.3 Å². The molecule has 4 rings (SSSR count). The van der Waals surface area contributed by atoms with Crippen LogP contribution in [0.4, 0.5) is 5.82 Å². The number of aromatic nitrogens is 3. The van der Waals surface area contributed by atoms with Crippen LogP contribution in [0.2, 0.25) is 5.02 Å². The molecule has 0 saturated heterocycles. The molecule has 1 N–H and O–H groups in total. The smallest absolute Gasteiger partial charge is 0.262 e. The van der Waals surface area contributed by atoms with E-state index in [1.165, 1.54) is 11.8 Å². The summed E-state index contributed by atoms with van der Waals surface area (Å²) in [4.78, 5) is 30.9. The van der Waals surface area contributed by atoms with E-state index in [1.54, 1.807) is 41.8 Å². The molecule has 0 aliphatic rings. The maximum Gasteiger partial charge on any atom is 0.262 e. The molecule has 2 aromatic heterocycles. The first-order chi connectivity index (χ1) is 15.5. The molecule has 164 valence electrons. The van der Waals surface area contributed by atoms with Gasteiger partial charge in [0.15, 0.2) is 11.0 Å². The number of hydrogen-bond donors (Lipinski definition) is 1. The van der Waals surface area contributed by atoms with Gasteiger partial charge in [0, 0.05) is 11.1 Å². The van der Waals surface area contributed by atoms with E-state index in [2.05, 4.69) is 10.5 Å². The van der Waals surface area contributed by atoms with Crippen molar-refractivity contribution >= 4 is 46.0 Å². The van der Waals surface area contributed by atoms with Gasteiger partial charge < -0.3 is 9.84 Å². The van der Waals surface area contributed by atoms with Gasteiger partial charge in [-0.3, -0.25) is 14.2 Å². The van der Waals surface area contributed by atoms with E-state index in [-0.39, 0.29) is 18.0 Å². The molecular formula is C23H21ClN4O3S. The molecule has 2 aromatic carbocycles. The second kappa shape index (κ2) is 9.58. The van der Waals surface area contributed by atoms with Gasteiger partial charge in [-0.15, -0.1) is 0 Å². The zero-order valence-corrected chi connectivity index (χ0v) is 19.1. The van der Waals surface area contributed by atoms with E-state index >= 15 is 0 Å². The lowest BCUT2D eigenvalue weighted by molar-refractivity contribution is -0.115. The lowest BCUT2D eigenvalue weighted by Gasteiger charge is -2.18. The highest BCUT2D eigenvalue weighted by atomic mass is 35.5. The Balaban J connectivity index is 1.71. The molecule has 0 spiro atoms. The lowest BCUT2D eigenvalue weighted by atomic mass is 10.2. The molecule has 2 heterocycles. The highest BCUT2D eigenvalue weighted by molar-refractivity contribution is 8.00. The number of amides is 1. The first-order valence-corrected chi connectivity index (χ1v) is 11.4. The van der Waals surface area contributed by atoms with E-state index in [0.717, 1.165) is 5.56 Å². The first-order valence-electron chi connectivity index (χ1n) is 10.1. The van der Waals surface area contributed by atoms with Crippen LogP contribution in [0.3, 0.4) is 0 Å². The van der Waals surface area contributed by atoms with Crippen LogP contribution in [0.15, 0.2) is 69.1 Å². The van der Waals surface area contributed by atoms with Crippen LogP contribution in [-0.4, -0.2) is 25.9 Å². The van der Waals surface area contributed by atoms with Crippen molar-refractivity contribution in [3.8, 4) is 0 Å². The van der Waals surface area contributed by atoms with Crippen molar-refractivity contribution in [3.63, 3.8) is 0 Å². The number of nitrogens with one attached hydrogen (secondary N) is 1. The molecular weight excluding hydrogens is 448 g/mol. The second-order valence-electron chi connectivity index (χ2n) is 7.22. The summed E-state index contributed by atoms with van der Waals surface area (Å²) in [6, 6.07) is 16.2. The van der Waals surface area contributed by atoms with Gasteiger partial charge >= 0.3 is 0 Å². The summed E-state index contributed by atoms with van der Waals surface area (Å²) in [5.41, 5.74) is 1.20. The predicted molar refractivity (Wildman–Crippen MR) is 126 cm³/mol. The summed E-state index contributed by atoms with van der Waals surface area (Å²) in [5, 5.41) is 7.62. The second-order valence-corrected chi connectivity index (χ2v) is 8.80. The summed E-state index contributed by atoms with van der Waals surface area (Å²) in [6.07, 6.45) is 0.530. The fraction of sp³-hybridized carbons (Fsp3) is 0.217. The van der Waals surface area contributed by atoms with Crippen LogP contribution in [0.25, 0.3) is 10.9 Å². The molecule has 9 heteroatoms. The molecule has 0 saturated carbocycles. The normalized spacial score (nSPS) is 12.1. The lowest BCUT2D eigenvalue weighted by Crippen LogP contribution is -2.28. The number of carbonyl (C=O) groups excluding carboxylic acids is 1. The Morgan fingerprint density at radius 2 is 1.97 bits per heavy atom. The van der Waals surface area contributed by atoms with Crippen molar-refractivity contribution in [2.24, 2.45) is 0 Å². The van der Waals surface area contributed by atoms with Crippen LogP contribution < -0.4 is 10.9 Å². The van der Waals surface area contributed by atoms with Crippen molar-refractivity contribution in [2.45, 2.75) is 37.2 Å². The maximum atomic E-state index is 13.3. The molecule has 0 aliphatic heterocycles. The number of halogens is 1. The van der Waals surface area contributed by atoms with E-state index in [4.69, 9.17) is 21.1 Å². The highest BCUT2D eigenvalue weighted by Gasteiger charge is 2.23. The number of anilines is 1. The van der Waals surface area contributed by atoms with Gasteiger partial charge in [0.2, 0.25) is 5.91 Å². The third-order valence-corrected chi connectivity index (χ3v) is 6.63. The SMILES string of the molecule is CCC(Sc1nc2ccccc2c(=O)n1Cc1ccccc1Cl)C(=O)Nc1cc(C)on1. The quantitative estimate of drug-likeness (QED) is 0.306. The standard InChI is InChI=1S/C23H21ClN4O3S/c1-3-19(21(29)26-20-12-14(2)31-27-20)32-23-25-18-11-7-5-9-16(18)22(30)28(23)13-15-8-4-6-10-17(15)24/h4-12,19H,3,13H2,1-2H3,(H,26,27,29). The molecule has 7 nitrogen and oxygen atoms in total. The number of rotatable bonds is 7. The Labute approximate surface area is 193 Å². The molecule has 1 atom stereocenters. The van der Waals surface area contributed by atoms with Crippen molar-refractivity contribution in [1.82, 2.24) is 14.7 Å². The summed E-state index contributed by atoms with van der Waals surface area (Å²) in [5.74, 6) is 0.717. The maximum absolute atomic E-state index is 13.3. The molecule has 4 aromatic rings. The van der Waals surface area contributed by atoms with E-state index in [9.17, 15) is 9.59 Å². The number of nitrogens with zero attached hydrogens (tertiary/aromatic N) is 3. The van der Waals surface area contributed by atoms with Gasteiger partial charge in [-0.25, -0.2) is 4.98 Å². The summed E-state index contributed by atoms with van der Waals surface area (Å²) < 4.78 is 6.59. The Morgan fingerprint density at radius 1 is 1.22 bits per heavy atom. The van der Waals surface area contributed by atoms with Crippen LogP contribution >= 0.6 is 23.4 Å². The minimum Gasteiger partial charge on any atom is -0.360 e. The van der Waals surface area contributed by atoms with Crippen molar-refractivity contribution in [2.75, 3.05) is 5.32 Å². The fourth-order valence-electron chi connectivity index (χ4n) is 3.26. The topological polar surface area (TPSA) is 90.0 Å². The Kier molecular flexibility index (Phi) is 6.62. The minimum absolute atomic E-state index is 0.180. The zero-order valence-electron chi connectivity index (χ0n) is 17.5. The van der Waals surface area contributed by atoms with Gasteiger partial charge in [-0.2, -0.15) is 0 Å². The minimum atomic E-state index is -0.488. The fourth-order valence-corrected chi connectivity index (χ4v) is 4.46. The molecule has 0 radical (unpaired) electrons.